The van der Waals surface area contributed by atoms with E-state index in [0.29, 0.717) is 5.56 Å². The van der Waals surface area contributed by atoms with E-state index in [-0.39, 0.29) is 24.4 Å². The Hall–Kier alpha value is -2.85. The molecule has 3 heterocycles. The zero-order valence-corrected chi connectivity index (χ0v) is 15.5. The Kier molecular flexibility index (Phi) is 3.56. The summed E-state index contributed by atoms with van der Waals surface area (Å²) in [6.45, 7) is 3.94. The average Bonchev–Trinajstić information content (AvgIpc) is 3.07. The summed E-state index contributed by atoms with van der Waals surface area (Å²) in [5.41, 5.74) is 1.92. The zero-order chi connectivity index (χ0) is 18.6. The lowest BCUT2D eigenvalue weighted by Gasteiger charge is -2.38. The van der Waals surface area contributed by atoms with Gasteiger partial charge in [-0.2, -0.15) is 5.26 Å². The molecule has 4 rings (SSSR count). The molecule has 132 valence electrons. The number of hydrogen-bond acceptors (Lipinski definition) is 5. The lowest BCUT2D eigenvalue weighted by molar-refractivity contribution is -0.129. The summed E-state index contributed by atoms with van der Waals surface area (Å²) in [4.78, 5) is 15.6. The number of amides is 1. The number of hydrogen-bond donors (Lipinski definition) is 2. The topological polar surface area (TPSA) is 89.2 Å². The van der Waals surface area contributed by atoms with Gasteiger partial charge in [-0.05, 0) is 38.1 Å². The number of carbonyl (C=O) groups is 1. The number of guanidine groups is 1. The first kappa shape index (κ1) is 16.6. The van der Waals surface area contributed by atoms with Crippen molar-refractivity contribution in [2.24, 2.45) is 0 Å². The van der Waals surface area contributed by atoms with Gasteiger partial charge in [0.05, 0.1) is 23.6 Å². The third-order valence-electron chi connectivity index (χ3n) is 5.01. The van der Waals surface area contributed by atoms with Gasteiger partial charge in [0.25, 0.3) is 0 Å². The van der Waals surface area contributed by atoms with Crippen LogP contribution < -0.4 is 10.1 Å². The monoisotopic (exact) mass is 366 g/mol. The highest BCUT2D eigenvalue weighted by Crippen LogP contribution is 2.49. The molecule has 0 unspecified atom stereocenters. The van der Waals surface area contributed by atoms with E-state index in [1.807, 2.05) is 26.0 Å². The van der Waals surface area contributed by atoms with Crippen molar-refractivity contribution in [3.63, 3.8) is 0 Å². The maximum Gasteiger partial charge on any atom is 0.231 e. The van der Waals surface area contributed by atoms with Crippen molar-refractivity contribution in [2.75, 3.05) is 7.05 Å². The number of benzene rings is 1. The summed E-state index contributed by atoms with van der Waals surface area (Å²) in [5, 5.41) is 20.4. The van der Waals surface area contributed by atoms with Crippen molar-refractivity contribution < 1.29 is 9.53 Å². The van der Waals surface area contributed by atoms with Crippen LogP contribution in [0.4, 0.5) is 0 Å². The van der Waals surface area contributed by atoms with Gasteiger partial charge in [-0.1, -0.05) is 0 Å². The fourth-order valence-corrected chi connectivity index (χ4v) is 4.77. The summed E-state index contributed by atoms with van der Waals surface area (Å²) < 4.78 is 6.01. The van der Waals surface area contributed by atoms with Crippen molar-refractivity contribution in [2.45, 2.75) is 31.9 Å². The Morgan fingerprint density at radius 2 is 2.23 bits per heavy atom. The van der Waals surface area contributed by atoms with Crippen LogP contribution in [0.3, 0.4) is 0 Å². The number of carbonyl (C=O) groups excluding carboxylic acids is 1. The molecule has 1 amide bonds. The van der Waals surface area contributed by atoms with Crippen molar-refractivity contribution >= 4 is 23.2 Å². The molecule has 26 heavy (non-hydrogen) atoms. The minimum absolute atomic E-state index is 0.0842. The maximum absolute atomic E-state index is 12.3. The molecule has 1 fully saturated rings. The zero-order valence-electron chi connectivity index (χ0n) is 14.7. The van der Waals surface area contributed by atoms with E-state index in [0.717, 1.165) is 26.6 Å². The third-order valence-corrected chi connectivity index (χ3v) is 6.46. The highest BCUT2D eigenvalue weighted by molar-refractivity contribution is 7.16. The fourth-order valence-electron chi connectivity index (χ4n) is 3.41. The quantitative estimate of drug-likeness (QED) is 0.810. The predicted octanol–water partition coefficient (Wildman–Crippen LogP) is 3.34. The van der Waals surface area contributed by atoms with Gasteiger partial charge in [0, 0.05) is 27.9 Å². The van der Waals surface area contributed by atoms with Gasteiger partial charge < -0.3 is 10.1 Å². The molecule has 0 spiro atoms. The minimum Gasteiger partial charge on any atom is -0.485 e. The summed E-state index contributed by atoms with van der Waals surface area (Å²) in [6, 6.07) is 9.67. The molecule has 2 aliphatic heterocycles. The fraction of sp³-hybridized carbons (Fsp3) is 0.316. The molecule has 2 atom stereocenters. The molecular formula is C19H18N4O2S. The lowest BCUT2D eigenvalue weighted by Crippen LogP contribution is -2.57. The number of nitriles is 1. The van der Waals surface area contributed by atoms with Gasteiger partial charge in [-0.25, -0.2) is 0 Å². The molecule has 0 radical (unpaired) electrons. The van der Waals surface area contributed by atoms with Gasteiger partial charge >= 0.3 is 0 Å². The Morgan fingerprint density at radius 3 is 2.92 bits per heavy atom. The first-order chi connectivity index (χ1) is 12.3. The molecule has 1 aromatic heterocycles. The lowest BCUT2D eigenvalue weighted by atomic mass is 9.91. The van der Waals surface area contributed by atoms with Crippen molar-refractivity contribution in [1.29, 1.82) is 10.7 Å². The number of fused-ring (bicyclic) bond motifs is 3. The van der Waals surface area contributed by atoms with E-state index in [4.69, 9.17) is 10.1 Å². The standard InChI is InChI=1S/C19H18N4O2S/c1-10-12-7-15(19(2)8-16(24)23(3)18(21)22-19)26-17(12)13-6-11(9-20)4-5-14(13)25-10/h4-7,10H,8H2,1-3H3,(H2,21,22)/t10-,19-/m0/s1. The van der Waals surface area contributed by atoms with Crippen LogP contribution in [0.15, 0.2) is 24.3 Å². The molecule has 2 aliphatic rings. The van der Waals surface area contributed by atoms with Crippen molar-refractivity contribution in [3.8, 4) is 22.3 Å². The Balaban J connectivity index is 1.82. The Bertz CT molecular complexity index is 970. The van der Waals surface area contributed by atoms with E-state index in [9.17, 15) is 10.1 Å². The number of nitrogens with zero attached hydrogens (tertiary/aromatic N) is 2. The number of nitrogens with one attached hydrogen (secondary N) is 2. The number of rotatable bonds is 1. The summed E-state index contributed by atoms with van der Waals surface area (Å²) in [5.74, 6) is 0.786. The van der Waals surface area contributed by atoms with Crippen LogP contribution >= 0.6 is 11.3 Å². The van der Waals surface area contributed by atoms with E-state index >= 15 is 0 Å². The van der Waals surface area contributed by atoms with Crippen LogP contribution in [0.1, 0.15) is 42.4 Å². The van der Waals surface area contributed by atoms with Crippen LogP contribution in [0.25, 0.3) is 10.4 Å². The summed E-state index contributed by atoms with van der Waals surface area (Å²) >= 11 is 1.59. The van der Waals surface area contributed by atoms with Crippen LogP contribution in [0.5, 0.6) is 5.75 Å². The SMILES string of the molecule is C[C@@H]1Oc2ccc(C#N)cc2-c2sc([C@]3(C)CC(=O)N(C)C(=N)N3)cc21. The van der Waals surface area contributed by atoms with Crippen molar-refractivity contribution in [1.82, 2.24) is 10.2 Å². The first-order valence-electron chi connectivity index (χ1n) is 8.31. The largest absolute Gasteiger partial charge is 0.485 e. The molecule has 0 bridgehead atoms. The van der Waals surface area contributed by atoms with Crippen LogP contribution in [0, 0.1) is 16.7 Å². The maximum atomic E-state index is 12.3. The third kappa shape index (κ3) is 2.37. The van der Waals surface area contributed by atoms with Gasteiger partial charge in [0.15, 0.2) is 5.96 Å². The normalized spacial score (nSPS) is 24.2. The highest BCUT2D eigenvalue weighted by atomic mass is 32.1. The Morgan fingerprint density at radius 1 is 1.46 bits per heavy atom. The van der Waals surface area contributed by atoms with Crippen LogP contribution in [0.2, 0.25) is 0 Å². The minimum atomic E-state index is -0.630. The molecule has 2 N–H and O–H groups in total. The number of ether oxygens (including phenoxy) is 1. The molecule has 2 aromatic rings. The second-order valence-electron chi connectivity index (χ2n) is 6.91. The molecule has 6 nitrogen and oxygen atoms in total. The van der Waals surface area contributed by atoms with Gasteiger partial charge in [0.2, 0.25) is 5.91 Å². The highest BCUT2D eigenvalue weighted by Gasteiger charge is 2.40. The second-order valence-corrected chi connectivity index (χ2v) is 7.97. The van der Waals surface area contributed by atoms with E-state index < -0.39 is 5.54 Å². The summed E-state index contributed by atoms with van der Waals surface area (Å²) in [7, 11) is 1.60. The molecule has 0 aliphatic carbocycles. The first-order valence-corrected chi connectivity index (χ1v) is 9.13. The molecule has 0 saturated carbocycles. The molecule has 1 aromatic carbocycles. The Labute approximate surface area is 155 Å². The van der Waals surface area contributed by atoms with Gasteiger partial charge in [0.1, 0.15) is 11.9 Å². The van der Waals surface area contributed by atoms with E-state index in [1.54, 1.807) is 24.5 Å². The van der Waals surface area contributed by atoms with Gasteiger partial charge in [-0.15, -0.1) is 11.3 Å². The average molecular weight is 366 g/mol. The summed E-state index contributed by atoms with van der Waals surface area (Å²) in [6.07, 6.45) is 0.173. The second kappa shape index (κ2) is 5.58. The van der Waals surface area contributed by atoms with Gasteiger partial charge in [-0.3, -0.25) is 15.1 Å². The van der Waals surface area contributed by atoms with E-state index in [1.165, 1.54) is 4.90 Å². The van der Waals surface area contributed by atoms with Crippen LogP contribution in [-0.4, -0.2) is 23.8 Å². The molecular weight excluding hydrogens is 348 g/mol. The molecule has 7 heteroatoms. The van der Waals surface area contributed by atoms with E-state index in [2.05, 4.69) is 17.5 Å². The van der Waals surface area contributed by atoms with Crippen molar-refractivity contribution in [3.05, 3.63) is 40.3 Å². The smallest absolute Gasteiger partial charge is 0.231 e. The number of thiophene rings is 1. The van der Waals surface area contributed by atoms with Crippen LogP contribution in [-0.2, 0) is 10.3 Å². The molecule has 1 saturated heterocycles. The predicted molar refractivity (Wildman–Crippen MR) is 99.1 cm³/mol.